The van der Waals surface area contributed by atoms with E-state index < -0.39 is 23.8 Å². The van der Waals surface area contributed by atoms with E-state index in [0.29, 0.717) is 32.5 Å². The maximum atomic E-state index is 12.6. The van der Waals surface area contributed by atoms with Crippen LogP contribution in [0.1, 0.15) is 37.0 Å². The Morgan fingerprint density at radius 1 is 1.24 bits per heavy atom. The normalized spacial score (nSPS) is 17.2. The van der Waals surface area contributed by atoms with E-state index >= 15 is 0 Å². The molecule has 2 amide bonds. The number of hydrogen-bond acceptors (Lipinski definition) is 3. The molecule has 8 heteroatoms. The van der Waals surface area contributed by atoms with E-state index in [-0.39, 0.29) is 17.4 Å². The van der Waals surface area contributed by atoms with Crippen molar-refractivity contribution in [2.45, 2.75) is 32.0 Å². The van der Waals surface area contributed by atoms with Gasteiger partial charge in [-0.25, -0.2) is 0 Å². The van der Waals surface area contributed by atoms with Crippen LogP contribution in [0.25, 0.3) is 0 Å². The molecule has 25 heavy (non-hydrogen) atoms. The van der Waals surface area contributed by atoms with Crippen molar-refractivity contribution in [3.05, 3.63) is 35.4 Å². The summed E-state index contributed by atoms with van der Waals surface area (Å²) in [4.78, 5) is 24.8. The average molecular weight is 358 g/mol. The third kappa shape index (κ3) is 5.19. The van der Waals surface area contributed by atoms with Gasteiger partial charge in [0.2, 0.25) is 5.91 Å². The van der Waals surface area contributed by atoms with Crippen LogP contribution in [0, 0.1) is 5.92 Å². The van der Waals surface area contributed by atoms with E-state index in [2.05, 4.69) is 5.32 Å². The zero-order valence-electron chi connectivity index (χ0n) is 13.8. The molecule has 0 aliphatic carbocycles. The minimum absolute atomic E-state index is 0.101. The molecule has 1 saturated heterocycles. The van der Waals surface area contributed by atoms with Crippen molar-refractivity contribution >= 4 is 11.8 Å². The lowest BCUT2D eigenvalue weighted by molar-refractivity contribution is -0.142. The van der Waals surface area contributed by atoms with Crippen LogP contribution in [0.4, 0.5) is 13.2 Å². The van der Waals surface area contributed by atoms with Gasteiger partial charge in [-0.15, -0.1) is 0 Å². The lowest BCUT2D eigenvalue weighted by Gasteiger charge is -2.33. The number of aliphatic hydroxyl groups is 1. The Bertz CT molecular complexity index is 609. The summed E-state index contributed by atoms with van der Waals surface area (Å²) in [6, 6.07) is 3.95. The van der Waals surface area contributed by atoms with E-state index in [1.807, 2.05) is 0 Å². The highest BCUT2D eigenvalue weighted by atomic mass is 19.4. The van der Waals surface area contributed by atoms with Crippen molar-refractivity contribution in [2.24, 2.45) is 5.92 Å². The second kappa shape index (κ2) is 7.86. The number of hydrogen-bond donors (Lipinski definition) is 2. The summed E-state index contributed by atoms with van der Waals surface area (Å²) < 4.78 is 37.7. The lowest BCUT2D eigenvalue weighted by Crippen LogP contribution is -2.43. The van der Waals surface area contributed by atoms with Crippen molar-refractivity contribution in [3.8, 4) is 0 Å². The number of alkyl halides is 3. The summed E-state index contributed by atoms with van der Waals surface area (Å²) in [7, 11) is 0. The molecule has 1 aromatic rings. The van der Waals surface area contributed by atoms with Gasteiger partial charge in [0.05, 0.1) is 5.56 Å². The van der Waals surface area contributed by atoms with E-state index in [1.54, 1.807) is 0 Å². The number of amides is 2. The molecule has 0 aromatic heterocycles. The molecule has 2 rings (SSSR count). The summed E-state index contributed by atoms with van der Waals surface area (Å²) in [6.07, 6.45) is -4.53. The van der Waals surface area contributed by atoms with Gasteiger partial charge in [-0.2, -0.15) is 13.2 Å². The molecule has 0 saturated carbocycles. The summed E-state index contributed by atoms with van der Waals surface area (Å²) in [6.45, 7) is 2.89. The van der Waals surface area contributed by atoms with Crippen molar-refractivity contribution in [1.82, 2.24) is 10.2 Å². The fourth-order valence-electron chi connectivity index (χ4n) is 2.82. The quantitative estimate of drug-likeness (QED) is 0.866. The SMILES string of the molecule is CC(=O)NCC1CCN(C(=O)[C@@H](O)c2ccc(C(F)(F)F)cc2)CC1. The fraction of sp³-hybridized carbons (Fsp3) is 0.529. The Morgan fingerprint density at radius 2 is 1.80 bits per heavy atom. The average Bonchev–Trinajstić information content (AvgIpc) is 2.58. The summed E-state index contributed by atoms with van der Waals surface area (Å²) >= 11 is 0. The molecule has 0 radical (unpaired) electrons. The molecule has 1 heterocycles. The van der Waals surface area contributed by atoms with E-state index in [0.717, 1.165) is 24.3 Å². The molecular weight excluding hydrogens is 337 g/mol. The lowest BCUT2D eigenvalue weighted by atomic mass is 9.96. The van der Waals surface area contributed by atoms with Crippen molar-refractivity contribution < 1.29 is 27.9 Å². The van der Waals surface area contributed by atoms with Gasteiger partial charge in [-0.05, 0) is 36.5 Å². The van der Waals surface area contributed by atoms with Gasteiger partial charge in [-0.1, -0.05) is 12.1 Å². The number of piperidine rings is 1. The molecule has 0 unspecified atom stereocenters. The van der Waals surface area contributed by atoms with Crippen molar-refractivity contribution in [3.63, 3.8) is 0 Å². The molecule has 1 aromatic carbocycles. The second-order valence-electron chi connectivity index (χ2n) is 6.23. The van der Waals surface area contributed by atoms with Gasteiger partial charge in [0.1, 0.15) is 0 Å². The molecule has 0 spiro atoms. The van der Waals surface area contributed by atoms with Crippen LogP contribution < -0.4 is 5.32 Å². The van der Waals surface area contributed by atoms with Gasteiger partial charge in [0.25, 0.3) is 5.91 Å². The number of likely N-dealkylation sites (tertiary alicyclic amines) is 1. The van der Waals surface area contributed by atoms with Crippen LogP contribution in [0.3, 0.4) is 0 Å². The van der Waals surface area contributed by atoms with Crippen LogP contribution in [0.5, 0.6) is 0 Å². The topological polar surface area (TPSA) is 69.6 Å². The molecule has 2 N–H and O–H groups in total. The first-order chi connectivity index (χ1) is 11.7. The number of aliphatic hydroxyl groups excluding tert-OH is 1. The predicted octanol–water partition coefficient (Wildman–Crippen LogP) is 2.11. The highest BCUT2D eigenvalue weighted by Crippen LogP contribution is 2.30. The minimum atomic E-state index is -4.46. The van der Waals surface area contributed by atoms with Crippen LogP contribution in [0.2, 0.25) is 0 Å². The Kier molecular flexibility index (Phi) is 6.05. The predicted molar refractivity (Wildman–Crippen MR) is 84.4 cm³/mol. The van der Waals surface area contributed by atoms with Crippen LogP contribution in [-0.2, 0) is 15.8 Å². The molecule has 0 bridgehead atoms. The van der Waals surface area contributed by atoms with Gasteiger partial charge < -0.3 is 15.3 Å². The summed E-state index contributed by atoms with van der Waals surface area (Å²) in [5.41, 5.74) is -0.687. The Labute approximate surface area is 143 Å². The molecule has 138 valence electrons. The first-order valence-electron chi connectivity index (χ1n) is 8.07. The zero-order valence-corrected chi connectivity index (χ0v) is 13.8. The molecule has 1 aliphatic heterocycles. The van der Waals surface area contributed by atoms with Gasteiger partial charge in [0.15, 0.2) is 6.10 Å². The minimum Gasteiger partial charge on any atom is -0.378 e. The van der Waals surface area contributed by atoms with Crippen molar-refractivity contribution in [1.29, 1.82) is 0 Å². The first-order valence-corrected chi connectivity index (χ1v) is 8.07. The Balaban J connectivity index is 1.91. The molecule has 5 nitrogen and oxygen atoms in total. The third-order valence-corrected chi connectivity index (χ3v) is 4.35. The molecular formula is C17H21F3N2O3. The summed E-state index contributed by atoms with van der Waals surface area (Å²) in [5, 5.41) is 12.9. The van der Waals surface area contributed by atoms with Crippen LogP contribution in [-0.4, -0.2) is 41.5 Å². The Hall–Kier alpha value is -2.09. The third-order valence-electron chi connectivity index (χ3n) is 4.35. The fourth-order valence-corrected chi connectivity index (χ4v) is 2.82. The number of rotatable bonds is 4. The van der Waals surface area contributed by atoms with Gasteiger partial charge in [0, 0.05) is 26.6 Å². The second-order valence-corrected chi connectivity index (χ2v) is 6.23. The first kappa shape index (κ1) is 19.2. The maximum absolute atomic E-state index is 12.6. The standard InChI is InChI=1S/C17H21F3N2O3/c1-11(23)21-10-12-6-8-22(9-7-12)16(25)15(24)13-2-4-14(5-3-13)17(18,19)20/h2-5,12,15,24H,6-10H2,1H3,(H,21,23)/t15-/m0/s1. The van der Waals surface area contributed by atoms with E-state index in [4.69, 9.17) is 0 Å². The Morgan fingerprint density at radius 3 is 2.28 bits per heavy atom. The van der Waals surface area contributed by atoms with Gasteiger partial charge >= 0.3 is 6.18 Å². The number of carbonyl (C=O) groups excluding carboxylic acids is 2. The van der Waals surface area contributed by atoms with Crippen LogP contribution >= 0.6 is 0 Å². The number of carbonyl (C=O) groups is 2. The highest BCUT2D eigenvalue weighted by molar-refractivity contribution is 5.82. The van der Waals surface area contributed by atoms with Gasteiger partial charge in [-0.3, -0.25) is 9.59 Å². The van der Waals surface area contributed by atoms with E-state index in [9.17, 15) is 27.9 Å². The number of benzene rings is 1. The molecule has 1 atom stereocenters. The van der Waals surface area contributed by atoms with E-state index in [1.165, 1.54) is 11.8 Å². The monoisotopic (exact) mass is 358 g/mol. The molecule has 1 aliphatic rings. The largest absolute Gasteiger partial charge is 0.416 e. The zero-order chi connectivity index (χ0) is 18.6. The van der Waals surface area contributed by atoms with Crippen molar-refractivity contribution in [2.75, 3.05) is 19.6 Å². The maximum Gasteiger partial charge on any atom is 0.416 e. The highest BCUT2D eigenvalue weighted by Gasteiger charge is 2.31. The summed E-state index contributed by atoms with van der Waals surface area (Å²) in [5.74, 6) is -0.342. The molecule has 1 fully saturated rings. The smallest absolute Gasteiger partial charge is 0.378 e. The number of nitrogens with zero attached hydrogens (tertiary/aromatic N) is 1. The van der Waals surface area contributed by atoms with Crippen LogP contribution in [0.15, 0.2) is 24.3 Å². The number of halogens is 3. The number of nitrogens with one attached hydrogen (secondary N) is 1.